The van der Waals surface area contributed by atoms with E-state index < -0.39 is 10.0 Å². The number of hydrogen-bond donors (Lipinski definition) is 0. The van der Waals surface area contributed by atoms with Gasteiger partial charge in [0, 0.05) is 18.9 Å². The minimum Gasteiger partial charge on any atom is -0.468 e. The van der Waals surface area contributed by atoms with Gasteiger partial charge in [0.2, 0.25) is 10.0 Å². The molecule has 0 aliphatic heterocycles. The zero-order valence-electron chi connectivity index (χ0n) is 13.0. The summed E-state index contributed by atoms with van der Waals surface area (Å²) in [6, 6.07) is 11.5. The first-order valence-corrected chi connectivity index (χ1v) is 9.53. The number of nitrogens with zero attached hydrogens (tertiary/aromatic N) is 2. The lowest BCUT2D eigenvalue weighted by atomic mass is 10.3. The van der Waals surface area contributed by atoms with Crippen molar-refractivity contribution < 1.29 is 12.8 Å². The molecule has 0 aliphatic rings. The maximum atomic E-state index is 13.2. The molecule has 0 aliphatic carbocycles. The molecule has 130 valence electrons. The van der Waals surface area contributed by atoms with Crippen LogP contribution in [0.3, 0.4) is 0 Å². The normalized spacial score (nSPS) is 11.8. The van der Waals surface area contributed by atoms with Gasteiger partial charge in [0.1, 0.15) is 10.7 Å². The first-order valence-electron chi connectivity index (χ1n) is 7.34. The summed E-state index contributed by atoms with van der Waals surface area (Å²) in [4.78, 5) is 3.91. The van der Waals surface area contributed by atoms with Gasteiger partial charge in [-0.1, -0.05) is 35.3 Å². The first-order chi connectivity index (χ1) is 12.0. The van der Waals surface area contributed by atoms with Crippen LogP contribution < -0.4 is 0 Å². The van der Waals surface area contributed by atoms with Crippen molar-refractivity contribution in [2.75, 3.05) is 0 Å². The molecule has 1 aromatic carbocycles. The molecule has 8 heteroatoms. The molecule has 0 N–H and O–H groups in total. The third-order valence-corrected chi connectivity index (χ3v) is 6.26. The molecule has 2 aromatic heterocycles. The fraction of sp³-hybridized carbons (Fsp3) is 0.118. The Kier molecular flexibility index (Phi) is 5.44. The molecule has 0 radical (unpaired) electrons. The number of benzene rings is 1. The van der Waals surface area contributed by atoms with Gasteiger partial charge in [-0.3, -0.25) is 4.98 Å². The summed E-state index contributed by atoms with van der Waals surface area (Å²) in [7, 11) is -3.96. The highest BCUT2D eigenvalue weighted by Gasteiger charge is 2.30. The van der Waals surface area contributed by atoms with Crippen molar-refractivity contribution in [3.05, 3.63) is 82.5 Å². The van der Waals surface area contributed by atoms with Crippen LogP contribution >= 0.6 is 23.2 Å². The van der Waals surface area contributed by atoms with Crippen molar-refractivity contribution in [3.8, 4) is 0 Å². The fourth-order valence-electron chi connectivity index (χ4n) is 2.36. The second-order valence-corrected chi connectivity index (χ2v) is 7.95. The van der Waals surface area contributed by atoms with Gasteiger partial charge in [-0.15, -0.1) is 0 Å². The molecule has 0 atom stereocenters. The van der Waals surface area contributed by atoms with E-state index in [0.717, 1.165) is 5.56 Å². The van der Waals surface area contributed by atoms with E-state index in [4.69, 9.17) is 27.6 Å². The van der Waals surface area contributed by atoms with Crippen molar-refractivity contribution in [1.29, 1.82) is 0 Å². The average molecular weight is 397 g/mol. The highest BCUT2D eigenvalue weighted by atomic mass is 35.5. The van der Waals surface area contributed by atoms with Gasteiger partial charge in [-0.25, -0.2) is 8.42 Å². The second-order valence-electron chi connectivity index (χ2n) is 5.26. The summed E-state index contributed by atoms with van der Waals surface area (Å²) in [6.45, 7) is 0.157. The molecule has 0 saturated carbocycles. The van der Waals surface area contributed by atoms with Gasteiger partial charge >= 0.3 is 0 Å². The standard InChI is InChI=1S/C17H14Cl2N2O3S/c18-15-6-1-7-16(19)17(15)25(22,23)21(12-14-5-3-9-24-14)11-13-4-2-8-20-10-13/h1-10H,11-12H2. The lowest BCUT2D eigenvalue weighted by molar-refractivity contribution is 0.358. The lowest BCUT2D eigenvalue weighted by Crippen LogP contribution is -2.30. The monoisotopic (exact) mass is 396 g/mol. The van der Waals surface area contributed by atoms with E-state index in [0.29, 0.717) is 5.76 Å². The number of sulfonamides is 1. The Labute approximate surface area is 155 Å². The second kappa shape index (κ2) is 7.58. The maximum absolute atomic E-state index is 13.2. The summed E-state index contributed by atoms with van der Waals surface area (Å²) < 4.78 is 33.0. The van der Waals surface area contributed by atoms with Crippen LogP contribution in [0.1, 0.15) is 11.3 Å². The Morgan fingerprint density at radius 2 is 1.76 bits per heavy atom. The van der Waals surface area contributed by atoms with E-state index in [-0.39, 0.29) is 28.0 Å². The molecule has 0 unspecified atom stereocenters. The molecule has 0 spiro atoms. The van der Waals surface area contributed by atoms with Gasteiger partial charge < -0.3 is 4.42 Å². The topological polar surface area (TPSA) is 63.4 Å². The van der Waals surface area contributed by atoms with Gasteiger partial charge in [-0.2, -0.15) is 4.31 Å². The van der Waals surface area contributed by atoms with E-state index in [1.165, 1.54) is 22.7 Å². The van der Waals surface area contributed by atoms with Crippen molar-refractivity contribution in [1.82, 2.24) is 9.29 Å². The number of rotatable bonds is 6. The van der Waals surface area contributed by atoms with Crippen LogP contribution in [-0.4, -0.2) is 17.7 Å². The molecule has 3 rings (SSSR count). The molecule has 0 saturated heterocycles. The molecule has 2 heterocycles. The Morgan fingerprint density at radius 1 is 1.00 bits per heavy atom. The zero-order chi connectivity index (χ0) is 17.9. The van der Waals surface area contributed by atoms with Crippen LogP contribution in [0.2, 0.25) is 10.0 Å². The largest absolute Gasteiger partial charge is 0.468 e. The van der Waals surface area contributed by atoms with Gasteiger partial charge in [0.25, 0.3) is 0 Å². The average Bonchev–Trinajstić information content (AvgIpc) is 3.08. The van der Waals surface area contributed by atoms with Gasteiger partial charge in [-0.05, 0) is 35.9 Å². The highest BCUT2D eigenvalue weighted by molar-refractivity contribution is 7.89. The predicted octanol–water partition coefficient (Wildman–Crippen LogP) is 4.37. The SMILES string of the molecule is O=S(=O)(c1c(Cl)cccc1Cl)N(Cc1cccnc1)Cc1ccco1. The predicted molar refractivity (Wildman–Crippen MR) is 95.8 cm³/mol. The Morgan fingerprint density at radius 3 is 2.36 bits per heavy atom. The molecule has 0 fully saturated rings. The fourth-order valence-corrected chi connectivity index (χ4v) is 4.84. The molecular weight excluding hydrogens is 383 g/mol. The number of hydrogen-bond acceptors (Lipinski definition) is 4. The highest BCUT2D eigenvalue weighted by Crippen LogP contribution is 2.32. The minimum atomic E-state index is -3.96. The van der Waals surface area contributed by atoms with Crippen molar-refractivity contribution in [3.63, 3.8) is 0 Å². The quantitative estimate of drug-likeness (QED) is 0.620. The van der Waals surface area contributed by atoms with Crippen LogP contribution in [0.25, 0.3) is 0 Å². The Balaban J connectivity index is 2.03. The number of aromatic nitrogens is 1. The first kappa shape index (κ1) is 17.9. The van der Waals surface area contributed by atoms with Crippen molar-refractivity contribution in [2.24, 2.45) is 0 Å². The van der Waals surface area contributed by atoms with E-state index in [9.17, 15) is 8.42 Å². The molecule has 0 bridgehead atoms. The molecular formula is C17H14Cl2N2O3S. The Hall–Kier alpha value is -1.86. The van der Waals surface area contributed by atoms with Crippen LogP contribution in [0.5, 0.6) is 0 Å². The molecule has 5 nitrogen and oxygen atoms in total. The smallest absolute Gasteiger partial charge is 0.246 e. The third kappa shape index (κ3) is 4.04. The lowest BCUT2D eigenvalue weighted by Gasteiger charge is -2.22. The summed E-state index contributed by atoms with van der Waals surface area (Å²) in [6.07, 6.45) is 4.73. The van der Waals surface area contributed by atoms with E-state index in [1.54, 1.807) is 42.7 Å². The molecule has 3 aromatic rings. The number of pyridine rings is 1. The van der Waals surface area contributed by atoms with Gasteiger partial charge in [0.15, 0.2) is 0 Å². The molecule has 25 heavy (non-hydrogen) atoms. The van der Waals surface area contributed by atoms with Crippen molar-refractivity contribution in [2.45, 2.75) is 18.0 Å². The van der Waals surface area contributed by atoms with Crippen LogP contribution in [-0.2, 0) is 23.1 Å². The minimum absolute atomic E-state index is 0.0474. The van der Waals surface area contributed by atoms with Crippen molar-refractivity contribution >= 4 is 33.2 Å². The summed E-state index contributed by atoms with van der Waals surface area (Å²) >= 11 is 12.2. The summed E-state index contributed by atoms with van der Waals surface area (Å²) in [5.74, 6) is 0.510. The maximum Gasteiger partial charge on any atom is 0.246 e. The van der Waals surface area contributed by atoms with E-state index in [1.807, 2.05) is 0 Å². The van der Waals surface area contributed by atoms with Gasteiger partial charge in [0.05, 0.1) is 22.9 Å². The van der Waals surface area contributed by atoms with Crippen LogP contribution in [0.15, 0.2) is 70.4 Å². The summed E-state index contributed by atoms with van der Waals surface area (Å²) in [5.41, 5.74) is 0.737. The van der Waals surface area contributed by atoms with Crippen LogP contribution in [0.4, 0.5) is 0 Å². The Bertz CT molecular complexity index is 925. The van der Waals surface area contributed by atoms with E-state index in [2.05, 4.69) is 4.98 Å². The zero-order valence-corrected chi connectivity index (χ0v) is 15.3. The van der Waals surface area contributed by atoms with Crippen LogP contribution in [0, 0.1) is 0 Å². The third-order valence-electron chi connectivity index (χ3n) is 3.51. The molecule has 0 amide bonds. The summed E-state index contributed by atoms with van der Waals surface area (Å²) in [5, 5.41) is 0.145. The van der Waals surface area contributed by atoms with E-state index >= 15 is 0 Å². The number of furan rings is 1. The number of halogens is 2.